The minimum absolute atomic E-state index is 0.0983. The molecule has 4 fully saturated rings. The number of methoxy groups -OCH3 is 4. The van der Waals surface area contributed by atoms with Crippen molar-refractivity contribution in [2.45, 2.75) is 230 Å². The zero-order valence-corrected chi connectivity index (χ0v) is 48.5. The van der Waals surface area contributed by atoms with Gasteiger partial charge in [0.2, 0.25) is 0 Å². The van der Waals surface area contributed by atoms with E-state index in [1.807, 2.05) is 27.7 Å². The molecule has 17 nitrogen and oxygen atoms in total. The fourth-order valence-electron chi connectivity index (χ4n) is 8.99. The van der Waals surface area contributed by atoms with E-state index >= 15 is 0 Å². The molecule has 0 saturated heterocycles. The van der Waals surface area contributed by atoms with Gasteiger partial charge in [-0.05, 0) is 177 Å². The summed E-state index contributed by atoms with van der Waals surface area (Å²) in [6.07, 6.45) is 13.2. The fourth-order valence-corrected chi connectivity index (χ4v) is 15.6. The van der Waals surface area contributed by atoms with E-state index in [2.05, 4.69) is 0 Å². The first kappa shape index (κ1) is 65.7. The lowest BCUT2D eigenvalue weighted by Gasteiger charge is -2.32. The monoisotopic (exact) mass is 1100 g/mol. The lowest BCUT2D eigenvalue weighted by atomic mass is 9.95. The topological polar surface area (TPSA) is 238 Å². The standard InChI is InChI=1S/C14H20O4S.C13H24O5S.C13H24O3S.C11H20O5S/c1-11-3-9-14(10-4-11)19(15,16)18-13-7-5-12(17-2)6-8-13;1-5-18-12(14)13(2,3)19(15,16)11-8-6-10(17-4)7-9-11;1-5-16-12(14)13(2,3)17-11-8-6-10(15-4)7-9-11;1-11(2,10(12)13)17(14,15)9-6-4-8(16-3)5-7-9/h3-4,9-10,12-13H,5-8H2,1-2H3;10-11H,5-9H2,1-4H3;10-11H,5-9H2,1-4H3;8-9H,4-7H2,1-3H3,(H,12,13). The van der Waals surface area contributed by atoms with E-state index in [9.17, 15) is 39.6 Å². The minimum Gasteiger partial charge on any atom is -0.480 e. The average molecular weight is 1100 g/mol. The number of ether oxygens (including phenoxy) is 6. The van der Waals surface area contributed by atoms with E-state index in [4.69, 9.17) is 37.7 Å². The molecule has 21 heteroatoms. The Balaban J connectivity index is 0.000000329. The van der Waals surface area contributed by atoms with Gasteiger partial charge >= 0.3 is 17.9 Å². The third-order valence-electron chi connectivity index (χ3n) is 14.2. The second-order valence-electron chi connectivity index (χ2n) is 20.4. The summed E-state index contributed by atoms with van der Waals surface area (Å²) in [5, 5.41) is 8.53. The number of carbonyl (C=O) groups excluding carboxylic acids is 2. The first-order valence-electron chi connectivity index (χ1n) is 25.3. The number of sulfone groups is 2. The van der Waals surface area contributed by atoms with Crippen LogP contribution in [0, 0.1) is 6.92 Å². The number of benzene rings is 1. The van der Waals surface area contributed by atoms with Gasteiger partial charge in [0, 0.05) is 33.7 Å². The van der Waals surface area contributed by atoms with Crippen molar-refractivity contribution in [1.82, 2.24) is 0 Å². The van der Waals surface area contributed by atoms with Crippen LogP contribution in [0.2, 0.25) is 0 Å². The molecule has 1 aromatic carbocycles. The van der Waals surface area contributed by atoms with Crippen molar-refractivity contribution in [2.24, 2.45) is 0 Å². The Morgan fingerprint density at radius 2 is 0.861 bits per heavy atom. The second kappa shape index (κ2) is 29.8. The summed E-state index contributed by atoms with van der Waals surface area (Å²) in [4.78, 5) is 34.9. The molecule has 1 aromatic rings. The Labute approximate surface area is 436 Å². The van der Waals surface area contributed by atoms with Crippen molar-refractivity contribution >= 4 is 59.5 Å². The Morgan fingerprint density at radius 3 is 1.22 bits per heavy atom. The maximum absolute atomic E-state index is 12.6. The van der Waals surface area contributed by atoms with Crippen LogP contribution in [-0.2, 0) is 76.8 Å². The molecule has 4 aliphatic rings. The van der Waals surface area contributed by atoms with E-state index in [0.717, 1.165) is 69.8 Å². The van der Waals surface area contributed by atoms with Gasteiger partial charge < -0.3 is 33.5 Å². The first-order chi connectivity index (χ1) is 33.5. The highest BCUT2D eigenvalue weighted by Crippen LogP contribution is 2.39. The van der Waals surface area contributed by atoms with Gasteiger partial charge in [-0.1, -0.05) is 17.7 Å². The van der Waals surface area contributed by atoms with Crippen molar-refractivity contribution in [1.29, 1.82) is 0 Å². The molecular weight excluding hydrogens is 1010 g/mol. The molecule has 4 saturated carbocycles. The number of carboxylic acid groups (broad SMARTS) is 1. The highest BCUT2D eigenvalue weighted by Gasteiger charge is 2.49. The smallest absolute Gasteiger partial charge is 0.326 e. The van der Waals surface area contributed by atoms with Crippen LogP contribution in [-0.4, -0.2) is 150 Å². The molecule has 0 amide bonds. The SMILES string of the molecule is CCOC(=O)C(C)(C)S(=O)(=O)C1CCC(OC)CC1.CCOC(=O)C(C)(C)SC1CCC(OC)CC1.COC1CCC(OS(=O)(=O)c2ccc(C)cc2)CC1.COC1CCC(S(=O)(=O)C(C)(C)C(=O)O)CC1. The minimum atomic E-state index is -3.65. The molecular formula is C51H88O17S4. The molecule has 0 aliphatic heterocycles. The third kappa shape index (κ3) is 19.0. The lowest BCUT2D eigenvalue weighted by molar-refractivity contribution is -0.146. The molecule has 0 unspecified atom stereocenters. The molecule has 4 aliphatic carbocycles. The summed E-state index contributed by atoms with van der Waals surface area (Å²) in [5.41, 5.74) is 1.03. The second-order valence-corrected chi connectivity index (χ2v) is 29.4. The van der Waals surface area contributed by atoms with Gasteiger partial charge in [0.1, 0.15) is 4.75 Å². The van der Waals surface area contributed by atoms with Crippen molar-refractivity contribution in [3.63, 3.8) is 0 Å². The predicted octanol–water partition coefficient (Wildman–Crippen LogP) is 8.60. The van der Waals surface area contributed by atoms with Crippen molar-refractivity contribution in [3.05, 3.63) is 29.8 Å². The van der Waals surface area contributed by atoms with E-state index in [1.54, 1.807) is 71.4 Å². The summed E-state index contributed by atoms with van der Waals surface area (Å²) in [7, 11) is -4.11. The Morgan fingerprint density at radius 1 is 0.528 bits per heavy atom. The number of aryl methyl sites for hydroxylation is 1. The number of hydrogen-bond acceptors (Lipinski definition) is 17. The maximum atomic E-state index is 12.6. The highest BCUT2D eigenvalue weighted by atomic mass is 32.2. The van der Waals surface area contributed by atoms with Crippen LogP contribution in [0.3, 0.4) is 0 Å². The number of esters is 2. The number of carboxylic acids is 1. The molecule has 5 rings (SSSR count). The summed E-state index contributed by atoms with van der Waals surface area (Å²) in [6, 6.07) is 6.73. The number of aliphatic carboxylic acids is 1. The highest BCUT2D eigenvalue weighted by molar-refractivity contribution is 8.02. The predicted molar refractivity (Wildman–Crippen MR) is 280 cm³/mol. The van der Waals surface area contributed by atoms with Gasteiger partial charge in [0.25, 0.3) is 10.1 Å². The van der Waals surface area contributed by atoms with Gasteiger partial charge in [-0.3, -0.25) is 18.6 Å². The summed E-state index contributed by atoms with van der Waals surface area (Å²) in [5.74, 6) is -2.05. The summed E-state index contributed by atoms with van der Waals surface area (Å²) >= 11 is 1.75. The van der Waals surface area contributed by atoms with Gasteiger partial charge in [-0.25, -0.2) is 16.8 Å². The molecule has 0 aromatic heterocycles. The van der Waals surface area contributed by atoms with E-state index in [0.29, 0.717) is 56.5 Å². The van der Waals surface area contributed by atoms with E-state index in [-0.39, 0.29) is 41.9 Å². The van der Waals surface area contributed by atoms with Crippen LogP contribution in [0.4, 0.5) is 0 Å². The molecule has 0 heterocycles. The molecule has 0 spiro atoms. The van der Waals surface area contributed by atoms with Crippen LogP contribution >= 0.6 is 11.8 Å². The largest absolute Gasteiger partial charge is 0.480 e. The van der Waals surface area contributed by atoms with Crippen LogP contribution in [0.1, 0.15) is 164 Å². The third-order valence-corrected chi connectivity index (χ3v) is 23.0. The molecule has 0 radical (unpaired) electrons. The molecule has 418 valence electrons. The summed E-state index contributed by atoms with van der Waals surface area (Å²) in [6.45, 7) is 15.4. The van der Waals surface area contributed by atoms with Gasteiger partial charge in [-0.2, -0.15) is 8.42 Å². The van der Waals surface area contributed by atoms with Crippen molar-refractivity contribution in [2.75, 3.05) is 41.7 Å². The molecule has 0 bridgehead atoms. The van der Waals surface area contributed by atoms with Crippen LogP contribution in [0.25, 0.3) is 0 Å². The lowest BCUT2D eigenvalue weighted by Crippen LogP contribution is -2.48. The van der Waals surface area contributed by atoms with E-state index in [1.165, 1.54) is 27.7 Å². The van der Waals surface area contributed by atoms with Crippen LogP contribution in [0.5, 0.6) is 0 Å². The van der Waals surface area contributed by atoms with Crippen molar-refractivity contribution < 1.29 is 77.3 Å². The zero-order valence-electron chi connectivity index (χ0n) is 45.3. The number of carbonyl (C=O) groups is 3. The molecule has 0 atom stereocenters. The Hall–Kier alpha value is -2.37. The quantitative estimate of drug-likeness (QED) is 0.107. The fraction of sp³-hybridized carbons (Fsp3) is 0.824. The van der Waals surface area contributed by atoms with E-state index < -0.39 is 66.5 Å². The average Bonchev–Trinajstić information content (AvgIpc) is 3.35. The number of hydrogen-bond donors (Lipinski definition) is 1. The molecule has 1 N–H and O–H groups in total. The summed E-state index contributed by atoms with van der Waals surface area (Å²) < 4.78 is 107. The maximum Gasteiger partial charge on any atom is 0.326 e. The van der Waals surface area contributed by atoms with Gasteiger partial charge in [-0.15, -0.1) is 11.8 Å². The molecule has 72 heavy (non-hydrogen) atoms. The number of rotatable bonds is 18. The Bertz CT molecular complexity index is 2130. The van der Waals surface area contributed by atoms with Gasteiger partial charge in [0.15, 0.2) is 29.2 Å². The normalized spacial score (nSPS) is 25.4. The van der Waals surface area contributed by atoms with Crippen LogP contribution < -0.4 is 0 Å². The van der Waals surface area contributed by atoms with Crippen molar-refractivity contribution in [3.8, 4) is 0 Å². The number of thioether (sulfide) groups is 1. The first-order valence-corrected chi connectivity index (χ1v) is 30.7. The zero-order chi connectivity index (χ0) is 54.7. The van der Waals surface area contributed by atoms with Gasteiger partial charge in [0.05, 0.1) is 59.1 Å². The Kier molecular flexibility index (Phi) is 27.2. The van der Waals surface area contributed by atoms with Crippen LogP contribution in [0.15, 0.2) is 29.2 Å².